The average molecular weight is 254 g/mol. The summed E-state index contributed by atoms with van der Waals surface area (Å²) in [7, 11) is 0. The zero-order valence-corrected chi connectivity index (χ0v) is 10.3. The summed E-state index contributed by atoms with van der Waals surface area (Å²) in [6, 6.07) is 2.80. The number of carbonyl (C=O) groups excluding carboxylic acids is 1. The summed E-state index contributed by atoms with van der Waals surface area (Å²) < 4.78 is 13.4. The number of rotatable bonds is 5. The van der Waals surface area contributed by atoms with Crippen molar-refractivity contribution >= 4 is 11.9 Å². The highest BCUT2D eigenvalue weighted by molar-refractivity contribution is 5.94. The maximum Gasteiger partial charge on any atom is 0.308 e. The summed E-state index contributed by atoms with van der Waals surface area (Å²) in [6.45, 7) is 3.56. The molecule has 6 heteroatoms. The fraction of sp³-hybridized carbons (Fsp3) is 0.417. The number of hydrogen-bond acceptors (Lipinski definition) is 3. The van der Waals surface area contributed by atoms with Gasteiger partial charge in [0.2, 0.25) is 5.95 Å². The number of carboxylic acids is 1. The predicted molar refractivity (Wildman–Crippen MR) is 62.6 cm³/mol. The molecule has 0 aliphatic rings. The Kier molecular flexibility index (Phi) is 4.76. The second-order valence-corrected chi connectivity index (χ2v) is 3.92. The number of aromatic nitrogens is 1. The number of aliphatic carboxylic acids is 1. The number of nitrogens with zero attached hydrogens (tertiary/aromatic N) is 2. The molecule has 1 N–H and O–H groups in total. The van der Waals surface area contributed by atoms with Gasteiger partial charge in [-0.15, -0.1) is 0 Å². The Bertz CT molecular complexity index is 451. The molecule has 0 bridgehead atoms. The fourth-order valence-corrected chi connectivity index (χ4v) is 1.48. The van der Waals surface area contributed by atoms with Gasteiger partial charge in [0.05, 0.1) is 11.5 Å². The number of pyridine rings is 1. The third kappa shape index (κ3) is 3.26. The molecule has 1 aromatic heterocycles. The Morgan fingerprint density at radius 3 is 2.72 bits per heavy atom. The van der Waals surface area contributed by atoms with E-state index in [9.17, 15) is 14.0 Å². The number of halogens is 1. The van der Waals surface area contributed by atoms with Gasteiger partial charge in [0.1, 0.15) is 0 Å². The smallest absolute Gasteiger partial charge is 0.308 e. The van der Waals surface area contributed by atoms with Gasteiger partial charge in [-0.25, -0.2) is 4.98 Å². The van der Waals surface area contributed by atoms with Crippen molar-refractivity contribution in [1.82, 2.24) is 9.88 Å². The van der Waals surface area contributed by atoms with Gasteiger partial charge >= 0.3 is 5.97 Å². The van der Waals surface area contributed by atoms with Crippen LogP contribution in [0.5, 0.6) is 0 Å². The maximum absolute atomic E-state index is 13.4. The quantitative estimate of drug-likeness (QED) is 0.806. The van der Waals surface area contributed by atoms with Gasteiger partial charge in [0.25, 0.3) is 5.91 Å². The van der Waals surface area contributed by atoms with Crippen LogP contribution in [0.25, 0.3) is 0 Å². The third-order valence-corrected chi connectivity index (χ3v) is 2.57. The Balaban J connectivity index is 2.86. The van der Waals surface area contributed by atoms with Crippen molar-refractivity contribution in [3.8, 4) is 0 Å². The van der Waals surface area contributed by atoms with E-state index >= 15 is 0 Å². The Morgan fingerprint density at radius 2 is 2.22 bits per heavy atom. The van der Waals surface area contributed by atoms with E-state index in [0.717, 1.165) is 0 Å². The molecule has 0 radical (unpaired) electrons. The number of amides is 1. The lowest BCUT2D eigenvalue weighted by atomic mass is 10.1. The summed E-state index contributed by atoms with van der Waals surface area (Å²) in [5.41, 5.74) is -0.142. The molecule has 0 aliphatic carbocycles. The summed E-state index contributed by atoms with van der Waals surface area (Å²) >= 11 is 0. The first-order valence-corrected chi connectivity index (χ1v) is 5.60. The topological polar surface area (TPSA) is 70.5 Å². The second-order valence-electron chi connectivity index (χ2n) is 3.92. The van der Waals surface area contributed by atoms with E-state index in [-0.39, 0.29) is 12.1 Å². The van der Waals surface area contributed by atoms with Crippen LogP contribution in [-0.4, -0.2) is 40.0 Å². The summed E-state index contributed by atoms with van der Waals surface area (Å²) in [5, 5.41) is 8.81. The van der Waals surface area contributed by atoms with E-state index in [0.29, 0.717) is 6.54 Å². The van der Waals surface area contributed by atoms with Crippen molar-refractivity contribution in [3.63, 3.8) is 0 Å². The molecule has 98 valence electrons. The standard InChI is InChI=1S/C12H15FN2O3/c1-3-15(7-8(2)12(17)18)11(16)9-5-4-6-14-10(9)13/h4-6,8H,3,7H2,1-2H3,(H,17,18). The first kappa shape index (κ1) is 14.1. The van der Waals surface area contributed by atoms with Gasteiger partial charge < -0.3 is 10.0 Å². The van der Waals surface area contributed by atoms with Crippen molar-refractivity contribution in [3.05, 3.63) is 29.8 Å². The third-order valence-electron chi connectivity index (χ3n) is 2.57. The van der Waals surface area contributed by atoms with Gasteiger partial charge in [-0.3, -0.25) is 9.59 Å². The van der Waals surface area contributed by atoms with Crippen LogP contribution in [0.1, 0.15) is 24.2 Å². The molecule has 0 aromatic carbocycles. The molecule has 1 unspecified atom stereocenters. The van der Waals surface area contributed by atoms with Gasteiger partial charge in [-0.1, -0.05) is 6.92 Å². The minimum Gasteiger partial charge on any atom is -0.481 e. The van der Waals surface area contributed by atoms with Gasteiger partial charge in [-0.05, 0) is 19.1 Å². The summed E-state index contributed by atoms with van der Waals surface area (Å²) in [6.07, 6.45) is 1.25. The molecule has 0 aliphatic heterocycles. The molecular weight excluding hydrogens is 239 g/mol. The normalized spacial score (nSPS) is 11.9. The van der Waals surface area contributed by atoms with E-state index in [2.05, 4.69) is 4.98 Å². The molecule has 1 aromatic rings. The van der Waals surface area contributed by atoms with Crippen LogP contribution in [0.3, 0.4) is 0 Å². The lowest BCUT2D eigenvalue weighted by molar-refractivity contribution is -0.141. The molecule has 1 amide bonds. The summed E-state index contributed by atoms with van der Waals surface area (Å²) in [5.74, 6) is -3.08. The number of hydrogen-bond donors (Lipinski definition) is 1. The molecule has 1 rings (SSSR count). The van der Waals surface area contributed by atoms with Gasteiger partial charge in [0.15, 0.2) is 0 Å². The van der Waals surface area contributed by atoms with Crippen molar-refractivity contribution in [2.45, 2.75) is 13.8 Å². The predicted octanol–water partition coefficient (Wildman–Crippen LogP) is 1.40. The maximum atomic E-state index is 13.4. The SMILES string of the molecule is CCN(CC(C)C(=O)O)C(=O)c1cccnc1F. The minimum absolute atomic E-state index is 0.0407. The minimum atomic E-state index is -0.993. The van der Waals surface area contributed by atoms with E-state index in [1.54, 1.807) is 6.92 Å². The molecule has 1 heterocycles. The first-order valence-electron chi connectivity index (χ1n) is 5.60. The zero-order valence-electron chi connectivity index (χ0n) is 10.3. The van der Waals surface area contributed by atoms with Crippen molar-refractivity contribution in [2.75, 3.05) is 13.1 Å². The van der Waals surface area contributed by atoms with Crippen molar-refractivity contribution < 1.29 is 19.1 Å². The number of carboxylic acid groups (broad SMARTS) is 1. The van der Waals surface area contributed by atoms with E-state index in [1.165, 1.54) is 30.2 Å². The van der Waals surface area contributed by atoms with E-state index < -0.39 is 23.7 Å². The lowest BCUT2D eigenvalue weighted by Gasteiger charge is -2.22. The molecule has 18 heavy (non-hydrogen) atoms. The monoisotopic (exact) mass is 254 g/mol. The van der Waals surface area contributed by atoms with Crippen LogP contribution in [-0.2, 0) is 4.79 Å². The second kappa shape index (κ2) is 6.09. The first-order chi connectivity index (χ1) is 8.47. The molecule has 5 nitrogen and oxygen atoms in total. The summed E-state index contributed by atoms with van der Waals surface area (Å²) in [4.78, 5) is 27.5. The lowest BCUT2D eigenvalue weighted by Crippen LogP contribution is -2.37. The van der Waals surface area contributed by atoms with Gasteiger partial charge in [-0.2, -0.15) is 4.39 Å². The van der Waals surface area contributed by atoms with Crippen molar-refractivity contribution in [1.29, 1.82) is 0 Å². The van der Waals surface area contributed by atoms with Crippen molar-refractivity contribution in [2.24, 2.45) is 5.92 Å². The highest BCUT2D eigenvalue weighted by atomic mass is 19.1. The van der Waals surface area contributed by atoms with Crippen LogP contribution in [0.15, 0.2) is 18.3 Å². The highest BCUT2D eigenvalue weighted by Gasteiger charge is 2.22. The fourth-order valence-electron chi connectivity index (χ4n) is 1.48. The molecule has 0 fully saturated rings. The highest BCUT2D eigenvalue weighted by Crippen LogP contribution is 2.10. The molecule has 0 spiro atoms. The number of carbonyl (C=O) groups is 2. The van der Waals surface area contributed by atoms with E-state index in [1.807, 2.05) is 0 Å². The van der Waals surface area contributed by atoms with E-state index in [4.69, 9.17) is 5.11 Å². The van der Waals surface area contributed by atoms with Crippen LogP contribution >= 0.6 is 0 Å². The van der Waals surface area contributed by atoms with Gasteiger partial charge in [0, 0.05) is 19.3 Å². The molecular formula is C12H15FN2O3. The zero-order chi connectivity index (χ0) is 13.7. The Hall–Kier alpha value is -1.98. The molecule has 0 saturated carbocycles. The van der Waals surface area contributed by atoms with Crippen LogP contribution < -0.4 is 0 Å². The Morgan fingerprint density at radius 1 is 1.56 bits per heavy atom. The molecule has 1 atom stereocenters. The van der Waals surface area contributed by atoms with Crippen LogP contribution in [0.4, 0.5) is 4.39 Å². The van der Waals surface area contributed by atoms with Crippen LogP contribution in [0, 0.1) is 11.9 Å². The Labute approximate surface area is 104 Å². The largest absolute Gasteiger partial charge is 0.481 e. The molecule has 0 saturated heterocycles. The van der Waals surface area contributed by atoms with Crippen LogP contribution in [0.2, 0.25) is 0 Å². The average Bonchev–Trinajstić information content (AvgIpc) is 2.35.